The van der Waals surface area contributed by atoms with Gasteiger partial charge in [0, 0.05) is 31.2 Å². The maximum atomic E-state index is 12.0. The van der Waals surface area contributed by atoms with E-state index in [4.69, 9.17) is 0 Å². The van der Waals surface area contributed by atoms with E-state index >= 15 is 0 Å². The number of aryl methyl sites for hydroxylation is 1. The normalized spacial score (nSPS) is 10.1. The quantitative estimate of drug-likeness (QED) is 0.859. The molecule has 0 saturated heterocycles. The van der Waals surface area contributed by atoms with Crippen LogP contribution in [0.2, 0.25) is 0 Å². The van der Waals surface area contributed by atoms with Crippen LogP contribution in [-0.2, 0) is 11.2 Å². The van der Waals surface area contributed by atoms with E-state index in [-0.39, 0.29) is 12.5 Å². The molecule has 0 aromatic heterocycles. The van der Waals surface area contributed by atoms with E-state index in [0.29, 0.717) is 0 Å². The zero-order chi connectivity index (χ0) is 15.9. The largest absolute Gasteiger partial charge is 0.378 e. The fourth-order valence-electron chi connectivity index (χ4n) is 2.22. The van der Waals surface area contributed by atoms with Crippen LogP contribution in [0.15, 0.2) is 48.5 Å². The average molecular weight is 297 g/mol. The van der Waals surface area contributed by atoms with Gasteiger partial charge in [0.2, 0.25) is 5.91 Å². The Morgan fingerprint density at radius 1 is 1.05 bits per heavy atom. The molecule has 0 fully saturated rings. The molecule has 2 aromatic carbocycles. The Morgan fingerprint density at radius 3 is 2.36 bits per heavy atom. The van der Waals surface area contributed by atoms with Crippen LogP contribution in [0.4, 0.5) is 17.1 Å². The van der Waals surface area contributed by atoms with Crippen LogP contribution < -0.4 is 15.5 Å². The molecule has 4 heteroatoms. The van der Waals surface area contributed by atoms with Gasteiger partial charge < -0.3 is 15.5 Å². The minimum Gasteiger partial charge on any atom is -0.378 e. The third kappa shape index (κ3) is 4.25. The number of hydrogen-bond acceptors (Lipinski definition) is 3. The first-order valence-corrected chi connectivity index (χ1v) is 7.49. The Bertz CT molecular complexity index is 620. The fourth-order valence-corrected chi connectivity index (χ4v) is 2.22. The van der Waals surface area contributed by atoms with Gasteiger partial charge in [0.15, 0.2) is 0 Å². The van der Waals surface area contributed by atoms with Crippen molar-refractivity contribution in [2.24, 2.45) is 0 Å². The van der Waals surface area contributed by atoms with Gasteiger partial charge in [-0.3, -0.25) is 4.79 Å². The lowest BCUT2D eigenvalue weighted by Crippen LogP contribution is -2.22. The lowest BCUT2D eigenvalue weighted by atomic mass is 10.1. The molecule has 4 nitrogen and oxygen atoms in total. The molecule has 2 aromatic rings. The van der Waals surface area contributed by atoms with Crippen LogP contribution in [-0.4, -0.2) is 26.5 Å². The smallest absolute Gasteiger partial charge is 0.243 e. The summed E-state index contributed by atoms with van der Waals surface area (Å²) >= 11 is 0. The molecule has 0 spiro atoms. The maximum Gasteiger partial charge on any atom is 0.243 e. The summed E-state index contributed by atoms with van der Waals surface area (Å²) in [5.74, 6) is -0.0523. The Labute approximate surface area is 132 Å². The summed E-state index contributed by atoms with van der Waals surface area (Å²) < 4.78 is 0. The zero-order valence-corrected chi connectivity index (χ0v) is 13.4. The predicted octanol–water partition coefficient (Wildman–Crippen LogP) is 3.37. The molecular formula is C18H23N3O. The number of amides is 1. The second-order valence-corrected chi connectivity index (χ2v) is 5.35. The molecular weight excluding hydrogens is 274 g/mol. The first kappa shape index (κ1) is 15.9. The highest BCUT2D eigenvalue weighted by Gasteiger charge is 2.05. The van der Waals surface area contributed by atoms with E-state index in [9.17, 15) is 4.79 Å². The SMILES string of the molecule is CCc1ccccc1NCC(=O)Nc1ccc(N(C)C)cc1. The number of benzene rings is 2. The van der Waals surface area contributed by atoms with Crippen LogP contribution in [0, 0.1) is 0 Å². The minimum atomic E-state index is -0.0523. The molecule has 0 aliphatic rings. The van der Waals surface area contributed by atoms with Crippen molar-refractivity contribution in [3.63, 3.8) is 0 Å². The summed E-state index contributed by atoms with van der Waals surface area (Å²) in [5, 5.41) is 6.09. The molecule has 1 amide bonds. The first-order valence-electron chi connectivity index (χ1n) is 7.49. The summed E-state index contributed by atoms with van der Waals surface area (Å²) in [6.07, 6.45) is 0.941. The number of anilines is 3. The average Bonchev–Trinajstić information content (AvgIpc) is 2.53. The fraction of sp³-hybridized carbons (Fsp3) is 0.278. The van der Waals surface area contributed by atoms with Crippen LogP contribution >= 0.6 is 0 Å². The van der Waals surface area contributed by atoms with Gasteiger partial charge >= 0.3 is 0 Å². The van der Waals surface area contributed by atoms with Crippen LogP contribution in [0.5, 0.6) is 0 Å². The lowest BCUT2D eigenvalue weighted by molar-refractivity contribution is -0.114. The van der Waals surface area contributed by atoms with Gasteiger partial charge in [-0.1, -0.05) is 25.1 Å². The van der Waals surface area contributed by atoms with Gasteiger partial charge in [-0.05, 0) is 42.3 Å². The van der Waals surface area contributed by atoms with Crippen molar-refractivity contribution in [1.82, 2.24) is 0 Å². The van der Waals surface area contributed by atoms with E-state index in [2.05, 4.69) is 23.6 Å². The predicted molar refractivity (Wildman–Crippen MR) is 93.7 cm³/mol. The highest BCUT2D eigenvalue weighted by molar-refractivity contribution is 5.94. The number of nitrogens with one attached hydrogen (secondary N) is 2. The minimum absolute atomic E-state index is 0.0523. The molecule has 116 valence electrons. The highest BCUT2D eigenvalue weighted by Crippen LogP contribution is 2.17. The van der Waals surface area contributed by atoms with E-state index in [1.54, 1.807) is 0 Å². The molecule has 0 saturated carbocycles. The van der Waals surface area contributed by atoms with Crippen molar-refractivity contribution in [2.75, 3.05) is 36.2 Å². The monoisotopic (exact) mass is 297 g/mol. The molecule has 22 heavy (non-hydrogen) atoms. The Balaban J connectivity index is 1.90. The number of hydrogen-bond donors (Lipinski definition) is 2. The van der Waals surface area contributed by atoms with Gasteiger partial charge in [0.05, 0.1) is 6.54 Å². The molecule has 2 rings (SSSR count). The lowest BCUT2D eigenvalue weighted by Gasteiger charge is -2.14. The van der Waals surface area contributed by atoms with Gasteiger partial charge in [-0.2, -0.15) is 0 Å². The van der Waals surface area contributed by atoms with Crippen molar-refractivity contribution in [3.05, 3.63) is 54.1 Å². The van der Waals surface area contributed by atoms with Crippen molar-refractivity contribution < 1.29 is 4.79 Å². The summed E-state index contributed by atoms with van der Waals surface area (Å²) in [4.78, 5) is 14.0. The Morgan fingerprint density at radius 2 is 1.73 bits per heavy atom. The number of para-hydroxylation sites is 1. The van der Waals surface area contributed by atoms with Crippen LogP contribution in [0.3, 0.4) is 0 Å². The van der Waals surface area contributed by atoms with Crippen molar-refractivity contribution in [1.29, 1.82) is 0 Å². The van der Waals surface area contributed by atoms with Crippen LogP contribution in [0.1, 0.15) is 12.5 Å². The summed E-state index contributed by atoms with van der Waals surface area (Å²) in [6.45, 7) is 2.36. The molecule has 0 bridgehead atoms. The second-order valence-electron chi connectivity index (χ2n) is 5.35. The number of carbonyl (C=O) groups is 1. The topological polar surface area (TPSA) is 44.4 Å². The van der Waals surface area contributed by atoms with Crippen molar-refractivity contribution in [2.45, 2.75) is 13.3 Å². The van der Waals surface area contributed by atoms with Gasteiger partial charge in [0.1, 0.15) is 0 Å². The van der Waals surface area contributed by atoms with E-state index in [1.807, 2.05) is 61.5 Å². The van der Waals surface area contributed by atoms with Crippen LogP contribution in [0.25, 0.3) is 0 Å². The third-order valence-electron chi connectivity index (χ3n) is 3.51. The highest BCUT2D eigenvalue weighted by atomic mass is 16.1. The van der Waals surface area contributed by atoms with Crippen molar-refractivity contribution >= 4 is 23.0 Å². The van der Waals surface area contributed by atoms with Crippen molar-refractivity contribution in [3.8, 4) is 0 Å². The maximum absolute atomic E-state index is 12.0. The number of carbonyl (C=O) groups excluding carboxylic acids is 1. The Hall–Kier alpha value is -2.49. The van der Waals surface area contributed by atoms with Gasteiger partial charge in [-0.15, -0.1) is 0 Å². The molecule has 0 heterocycles. The summed E-state index contributed by atoms with van der Waals surface area (Å²) in [7, 11) is 3.98. The third-order valence-corrected chi connectivity index (χ3v) is 3.51. The summed E-state index contributed by atoms with van der Waals surface area (Å²) in [5.41, 5.74) is 4.14. The zero-order valence-electron chi connectivity index (χ0n) is 13.4. The second kappa shape index (κ2) is 7.50. The van der Waals surface area contributed by atoms with E-state index < -0.39 is 0 Å². The molecule has 0 unspecified atom stereocenters. The van der Waals surface area contributed by atoms with Gasteiger partial charge in [0.25, 0.3) is 0 Å². The summed E-state index contributed by atoms with van der Waals surface area (Å²) in [6, 6.07) is 15.8. The molecule has 0 radical (unpaired) electrons. The molecule has 0 atom stereocenters. The molecule has 0 aliphatic heterocycles. The standard InChI is InChI=1S/C18H23N3O/c1-4-14-7-5-6-8-17(14)19-13-18(22)20-15-9-11-16(12-10-15)21(2)3/h5-12,19H,4,13H2,1-3H3,(H,20,22). The van der Waals surface area contributed by atoms with E-state index in [0.717, 1.165) is 23.5 Å². The van der Waals surface area contributed by atoms with E-state index in [1.165, 1.54) is 5.56 Å². The first-order chi connectivity index (χ1) is 10.6. The Kier molecular flexibility index (Phi) is 5.42. The number of rotatable bonds is 6. The number of nitrogens with zero attached hydrogens (tertiary/aromatic N) is 1. The molecule has 2 N–H and O–H groups in total. The molecule has 0 aliphatic carbocycles. The van der Waals surface area contributed by atoms with Gasteiger partial charge in [-0.25, -0.2) is 0 Å².